The fourth-order valence-corrected chi connectivity index (χ4v) is 4.06. The average Bonchev–Trinajstić information content (AvgIpc) is 3.21. The first kappa shape index (κ1) is 15.1. The number of sulfonamides is 1. The van der Waals surface area contributed by atoms with Gasteiger partial charge in [-0.1, -0.05) is 30.3 Å². The molecule has 24 heavy (non-hydrogen) atoms. The molecule has 1 aliphatic heterocycles. The van der Waals surface area contributed by atoms with E-state index in [2.05, 4.69) is 4.98 Å². The Morgan fingerprint density at radius 1 is 1.12 bits per heavy atom. The van der Waals surface area contributed by atoms with E-state index in [0.717, 1.165) is 5.56 Å². The molecule has 0 saturated carbocycles. The molecule has 7 nitrogen and oxygen atoms in total. The van der Waals surface area contributed by atoms with Crippen LogP contribution in [0, 0.1) is 0 Å². The van der Waals surface area contributed by atoms with Crippen LogP contribution in [0.25, 0.3) is 11.1 Å². The van der Waals surface area contributed by atoms with Crippen LogP contribution in [0.15, 0.2) is 62.6 Å². The smallest absolute Gasteiger partial charge is 0.408 e. The highest BCUT2D eigenvalue weighted by molar-refractivity contribution is 7.89. The summed E-state index contributed by atoms with van der Waals surface area (Å²) in [6.45, 7) is 0.221. The number of hydrogen-bond donors (Lipinski definition) is 1. The van der Waals surface area contributed by atoms with Gasteiger partial charge in [0, 0.05) is 12.6 Å². The molecule has 1 saturated heterocycles. The quantitative estimate of drug-likeness (QED) is 0.781. The third-order valence-corrected chi connectivity index (χ3v) is 5.77. The van der Waals surface area contributed by atoms with Crippen molar-refractivity contribution < 1.29 is 17.6 Å². The van der Waals surface area contributed by atoms with Gasteiger partial charge in [-0.25, -0.2) is 13.2 Å². The Morgan fingerprint density at radius 3 is 2.71 bits per heavy atom. The van der Waals surface area contributed by atoms with Gasteiger partial charge in [0.1, 0.15) is 6.73 Å². The first-order chi connectivity index (χ1) is 11.5. The van der Waals surface area contributed by atoms with Crippen molar-refractivity contribution >= 4 is 21.1 Å². The topological polar surface area (TPSA) is 92.6 Å². The van der Waals surface area contributed by atoms with Crippen LogP contribution >= 0.6 is 0 Å². The van der Waals surface area contributed by atoms with Crippen LogP contribution in [0.3, 0.4) is 0 Å². The van der Waals surface area contributed by atoms with Crippen molar-refractivity contribution in [2.75, 3.05) is 13.3 Å². The molecule has 8 heteroatoms. The Labute approximate surface area is 137 Å². The summed E-state index contributed by atoms with van der Waals surface area (Å²) in [5.41, 5.74) is 1.60. The van der Waals surface area contributed by atoms with E-state index in [0.29, 0.717) is 5.52 Å². The lowest BCUT2D eigenvalue weighted by molar-refractivity contribution is 0.104. The minimum absolute atomic E-state index is 0.0168. The largest absolute Gasteiger partial charge is 0.417 e. The molecule has 1 aliphatic rings. The van der Waals surface area contributed by atoms with Gasteiger partial charge in [0.25, 0.3) is 0 Å². The standard InChI is InChI=1S/C16H14N2O5S/c19-16-17-13-7-6-12(8-14(13)23-16)24(20,21)18-9-15(22-10-18)11-4-2-1-3-5-11/h1-8,15H,9-10H2,(H,17,19). The lowest BCUT2D eigenvalue weighted by Crippen LogP contribution is -2.28. The number of hydrogen-bond acceptors (Lipinski definition) is 5. The molecule has 2 heterocycles. The second kappa shape index (κ2) is 5.59. The number of nitrogens with zero attached hydrogens (tertiary/aromatic N) is 1. The van der Waals surface area contributed by atoms with Gasteiger partial charge in [0.2, 0.25) is 10.0 Å². The Hall–Kier alpha value is -2.42. The van der Waals surface area contributed by atoms with Crippen molar-refractivity contribution in [1.29, 1.82) is 0 Å². The minimum atomic E-state index is -3.73. The number of aromatic amines is 1. The molecule has 0 spiro atoms. The van der Waals surface area contributed by atoms with Gasteiger partial charge in [-0.2, -0.15) is 4.31 Å². The van der Waals surface area contributed by atoms with Crippen molar-refractivity contribution in [3.8, 4) is 0 Å². The zero-order valence-corrected chi connectivity index (χ0v) is 13.3. The number of ether oxygens (including phenoxy) is 1. The molecule has 2 aromatic carbocycles. The van der Waals surface area contributed by atoms with Crippen molar-refractivity contribution in [3.63, 3.8) is 0 Å². The van der Waals surface area contributed by atoms with Gasteiger partial charge in [0.05, 0.1) is 16.5 Å². The first-order valence-corrected chi connectivity index (χ1v) is 8.77. The van der Waals surface area contributed by atoms with E-state index in [1.165, 1.54) is 22.5 Å². The van der Waals surface area contributed by atoms with Crippen molar-refractivity contribution in [3.05, 3.63) is 64.6 Å². The second-order valence-corrected chi connectivity index (χ2v) is 7.44. The van der Waals surface area contributed by atoms with Crippen molar-refractivity contribution in [2.24, 2.45) is 0 Å². The molecule has 1 fully saturated rings. The second-order valence-electron chi connectivity index (χ2n) is 5.51. The van der Waals surface area contributed by atoms with E-state index in [9.17, 15) is 13.2 Å². The SMILES string of the molecule is O=c1[nH]c2ccc(S(=O)(=O)N3COC(c4ccccc4)C3)cc2o1. The third kappa shape index (κ3) is 2.54. The van der Waals surface area contributed by atoms with E-state index in [1.54, 1.807) is 0 Å². The van der Waals surface area contributed by atoms with E-state index in [1.807, 2.05) is 30.3 Å². The lowest BCUT2D eigenvalue weighted by atomic mass is 10.1. The maximum atomic E-state index is 12.8. The van der Waals surface area contributed by atoms with Crippen LogP contribution < -0.4 is 5.76 Å². The fraction of sp³-hybridized carbons (Fsp3) is 0.188. The zero-order valence-electron chi connectivity index (χ0n) is 12.5. The molecule has 0 aliphatic carbocycles. The zero-order chi connectivity index (χ0) is 16.7. The van der Waals surface area contributed by atoms with Crippen LogP contribution in [-0.2, 0) is 14.8 Å². The van der Waals surface area contributed by atoms with Gasteiger partial charge in [-0.05, 0) is 17.7 Å². The Morgan fingerprint density at radius 2 is 1.92 bits per heavy atom. The van der Waals surface area contributed by atoms with Gasteiger partial charge in [0.15, 0.2) is 5.58 Å². The normalized spacial score (nSPS) is 19.1. The number of H-pyrrole nitrogens is 1. The Balaban J connectivity index is 1.63. The van der Waals surface area contributed by atoms with Gasteiger partial charge in [-0.15, -0.1) is 0 Å². The molecular formula is C16H14N2O5S. The minimum Gasteiger partial charge on any atom is -0.408 e. The van der Waals surface area contributed by atoms with Crippen LogP contribution in [0.1, 0.15) is 11.7 Å². The summed E-state index contributed by atoms with van der Waals surface area (Å²) in [6.07, 6.45) is -0.296. The van der Waals surface area contributed by atoms with E-state index < -0.39 is 15.8 Å². The molecule has 4 rings (SSSR count). The molecule has 1 unspecified atom stereocenters. The predicted octanol–water partition coefficient (Wildman–Crippen LogP) is 1.84. The monoisotopic (exact) mass is 346 g/mol. The lowest BCUT2D eigenvalue weighted by Gasteiger charge is -2.14. The molecule has 124 valence electrons. The third-order valence-electron chi connectivity index (χ3n) is 3.99. The van der Waals surface area contributed by atoms with Crippen LogP contribution in [-0.4, -0.2) is 31.0 Å². The predicted molar refractivity (Wildman–Crippen MR) is 85.9 cm³/mol. The molecule has 1 aromatic heterocycles. The number of benzene rings is 2. The molecule has 3 aromatic rings. The van der Waals surface area contributed by atoms with Crippen molar-refractivity contribution in [2.45, 2.75) is 11.0 Å². The summed E-state index contributed by atoms with van der Waals surface area (Å²) in [5, 5.41) is 0. The van der Waals surface area contributed by atoms with E-state index in [4.69, 9.17) is 9.15 Å². The molecule has 1 N–H and O–H groups in total. The van der Waals surface area contributed by atoms with Gasteiger partial charge in [-0.3, -0.25) is 4.98 Å². The molecule has 0 amide bonds. The first-order valence-electron chi connectivity index (χ1n) is 7.33. The highest BCUT2D eigenvalue weighted by Gasteiger charge is 2.34. The molecule has 0 radical (unpaired) electrons. The maximum absolute atomic E-state index is 12.8. The highest BCUT2D eigenvalue weighted by Crippen LogP contribution is 2.29. The maximum Gasteiger partial charge on any atom is 0.417 e. The van der Waals surface area contributed by atoms with Crippen LogP contribution in [0.4, 0.5) is 0 Å². The van der Waals surface area contributed by atoms with Gasteiger partial charge < -0.3 is 9.15 Å². The number of oxazole rings is 1. The fourth-order valence-electron chi connectivity index (χ4n) is 2.74. The van der Waals surface area contributed by atoms with E-state index in [-0.39, 0.29) is 29.9 Å². The number of nitrogens with one attached hydrogen (secondary N) is 1. The Bertz CT molecular complexity index is 1040. The van der Waals surface area contributed by atoms with Crippen LogP contribution in [0.5, 0.6) is 0 Å². The Kier molecular flexibility index (Phi) is 3.52. The number of rotatable bonds is 3. The number of aromatic nitrogens is 1. The molecule has 0 bridgehead atoms. The number of fused-ring (bicyclic) bond motifs is 1. The summed E-state index contributed by atoms with van der Waals surface area (Å²) in [4.78, 5) is 13.7. The highest BCUT2D eigenvalue weighted by atomic mass is 32.2. The summed E-state index contributed by atoms with van der Waals surface area (Å²) in [5.74, 6) is -0.617. The van der Waals surface area contributed by atoms with Crippen molar-refractivity contribution in [1.82, 2.24) is 9.29 Å². The average molecular weight is 346 g/mol. The summed E-state index contributed by atoms with van der Waals surface area (Å²) < 4.78 is 37.4. The molecule has 1 atom stereocenters. The molecular weight excluding hydrogens is 332 g/mol. The van der Waals surface area contributed by atoms with Gasteiger partial charge >= 0.3 is 5.76 Å². The van der Waals surface area contributed by atoms with Crippen LogP contribution in [0.2, 0.25) is 0 Å². The summed E-state index contributed by atoms with van der Waals surface area (Å²) >= 11 is 0. The van der Waals surface area contributed by atoms with E-state index >= 15 is 0 Å². The summed E-state index contributed by atoms with van der Waals surface area (Å²) in [7, 11) is -3.73. The summed E-state index contributed by atoms with van der Waals surface area (Å²) in [6, 6.07) is 13.8.